The maximum atomic E-state index is 13.9. The minimum Gasteiger partial charge on any atom is -0.324 e. The summed E-state index contributed by atoms with van der Waals surface area (Å²) in [7, 11) is 0. The van der Waals surface area contributed by atoms with Gasteiger partial charge in [-0.15, -0.1) is 11.8 Å². The zero-order chi connectivity index (χ0) is 17.3. The number of nitrogens with two attached hydrogens (primary N) is 1. The number of hydrogen-bond donors (Lipinski definition) is 3. The Hall–Kier alpha value is -2.09. The molecule has 0 spiro atoms. The van der Waals surface area contributed by atoms with Crippen LogP contribution >= 0.6 is 23.4 Å². The number of thioether (sulfide) groups is 1. The molecule has 4 N–H and O–H groups in total. The Morgan fingerprint density at radius 3 is 2.88 bits per heavy atom. The van der Waals surface area contributed by atoms with Crippen LogP contribution in [-0.4, -0.2) is 17.1 Å². The number of rotatable bonds is 3. The van der Waals surface area contributed by atoms with E-state index >= 15 is 0 Å². The van der Waals surface area contributed by atoms with E-state index in [9.17, 15) is 14.0 Å². The van der Waals surface area contributed by atoms with Gasteiger partial charge in [0.05, 0.1) is 10.9 Å². The van der Waals surface area contributed by atoms with Gasteiger partial charge in [-0.25, -0.2) is 10.2 Å². The Labute approximate surface area is 146 Å². The van der Waals surface area contributed by atoms with Crippen molar-refractivity contribution in [3.63, 3.8) is 0 Å². The number of benzene rings is 2. The average Bonchev–Trinajstić information content (AvgIpc) is 2.57. The number of anilines is 1. The van der Waals surface area contributed by atoms with E-state index in [0.29, 0.717) is 21.8 Å². The molecule has 0 bridgehead atoms. The summed E-state index contributed by atoms with van der Waals surface area (Å²) in [5, 5.41) is 2.53. The molecule has 5 nitrogen and oxygen atoms in total. The molecule has 24 heavy (non-hydrogen) atoms. The summed E-state index contributed by atoms with van der Waals surface area (Å²) in [5.41, 5.74) is 3.22. The lowest BCUT2D eigenvalue weighted by Gasteiger charge is -2.25. The summed E-state index contributed by atoms with van der Waals surface area (Å²) in [6.07, 6.45) is 0.173. The molecule has 0 aromatic heterocycles. The first-order valence-corrected chi connectivity index (χ1v) is 8.30. The predicted molar refractivity (Wildman–Crippen MR) is 91.5 cm³/mol. The number of hydrazine groups is 1. The molecule has 1 atom stereocenters. The molecule has 0 fully saturated rings. The molecule has 0 saturated carbocycles. The number of amides is 2. The molecule has 0 radical (unpaired) electrons. The first kappa shape index (κ1) is 16.8. The van der Waals surface area contributed by atoms with Crippen LogP contribution in [0, 0.1) is 5.82 Å². The fraction of sp³-hybridized carbons (Fsp3) is 0.125. The SMILES string of the molecule is NNC(=O)c1ccc2c(c1)NC(=O)C(Cc1c(F)cccc1Cl)S2. The van der Waals surface area contributed by atoms with Gasteiger partial charge in [0.1, 0.15) is 5.82 Å². The predicted octanol–water partition coefficient (Wildman–Crippen LogP) is 2.74. The van der Waals surface area contributed by atoms with E-state index < -0.39 is 17.0 Å². The van der Waals surface area contributed by atoms with E-state index in [0.717, 1.165) is 4.90 Å². The summed E-state index contributed by atoms with van der Waals surface area (Å²) < 4.78 is 13.9. The zero-order valence-electron chi connectivity index (χ0n) is 12.3. The fourth-order valence-corrected chi connectivity index (χ4v) is 3.77. The Balaban J connectivity index is 1.85. The van der Waals surface area contributed by atoms with Crippen molar-refractivity contribution in [1.29, 1.82) is 0 Å². The van der Waals surface area contributed by atoms with E-state index in [1.807, 2.05) is 5.43 Å². The quantitative estimate of drug-likeness (QED) is 0.443. The van der Waals surface area contributed by atoms with Gasteiger partial charge in [0.25, 0.3) is 5.91 Å². The summed E-state index contributed by atoms with van der Waals surface area (Å²) in [5.74, 6) is 3.96. The van der Waals surface area contributed by atoms with E-state index in [-0.39, 0.29) is 12.3 Å². The van der Waals surface area contributed by atoms with Gasteiger partial charge in [0, 0.05) is 21.0 Å². The van der Waals surface area contributed by atoms with Crippen LogP contribution in [-0.2, 0) is 11.2 Å². The summed E-state index contributed by atoms with van der Waals surface area (Å²) in [4.78, 5) is 24.7. The normalized spacial score (nSPS) is 16.3. The zero-order valence-corrected chi connectivity index (χ0v) is 13.9. The second kappa shape index (κ2) is 6.80. The number of fused-ring (bicyclic) bond motifs is 1. The first-order chi connectivity index (χ1) is 11.5. The van der Waals surface area contributed by atoms with Crippen LogP contribution in [0.25, 0.3) is 0 Å². The van der Waals surface area contributed by atoms with Crippen molar-refractivity contribution in [1.82, 2.24) is 5.43 Å². The standard InChI is InChI=1S/C16H13ClFN3O2S/c17-10-2-1-3-11(18)9(10)7-14-16(23)20-12-6-8(15(22)21-19)4-5-13(12)24-14/h1-6,14H,7,19H2,(H,20,23)(H,21,22). The average molecular weight is 366 g/mol. The van der Waals surface area contributed by atoms with Crippen molar-refractivity contribution >= 4 is 40.9 Å². The van der Waals surface area contributed by atoms with E-state index in [2.05, 4.69) is 5.32 Å². The van der Waals surface area contributed by atoms with Crippen molar-refractivity contribution in [2.45, 2.75) is 16.6 Å². The van der Waals surface area contributed by atoms with Crippen LogP contribution in [0.15, 0.2) is 41.3 Å². The first-order valence-electron chi connectivity index (χ1n) is 7.05. The van der Waals surface area contributed by atoms with Crippen molar-refractivity contribution in [3.05, 3.63) is 58.4 Å². The lowest BCUT2D eigenvalue weighted by atomic mass is 10.1. The van der Waals surface area contributed by atoms with Gasteiger partial charge >= 0.3 is 0 Å². The van der Waals surface area contributed by atoms with Crippen molar-refractivity contribution < 1.29 is 14.0 Å². The van der Waals surface area contributed by atoms with Crippen LogP contribution in [0.1, 0.15) is 15.9 Å². The number of nitrogen functional groups attached to an aromatic ring is 1. The number of nitrogens with one attached hydrogen (secondary N) is 2. The number of carbonyl (C=O) groups is 2. The molecular formula is C16H13ClFN3O2S. The van der Waals surface area contributed by atoms with Crippen molar-refractivity contribution in [3.8, 4) is 0 Å². The Morgan fingerprint density at radius 1 is 1.38 bits per heavy atom. The minimum atomic E-state index is -0.513. The molecule has 0 aliphatic carbocycles. The minimum absolute atomic E-state index is 0.173. The van der Waals surface area contributed by atoms with Crippen LogP contribution in [0.5, 0.6) is 0 Å². The second-order valence-electron chi connectivity index (χ2n) is 5.18. The molecule has 124 valence electrons. The Kier molecular flexibility index (Phi) is 4.75. The molecular weight excluding hydrogens is 353 g/mol. The van der Waals surface area contributed by atoms with Crippen LogP contribution in [0.3, 0.4) is 0 Å². The molecule has 1 aliphatic rings. The van der Waals surface area contributed by atoms with E-state index in [1.54, 1.807) is 24.3 Å². The summed E-state index contributed by atoms with van der Waals surface area (Å²) >= 11 is 7.34. The number of hydrogen-bond acceptors (Lipinski definition) is 4. The molecule has 1 aliphatic heterocycles. The fourth-order valence-electron chi connectivity index (χ4n) is 2.42. The molecule has 1 unspecified atom stereocenters. The van der Waals surface area contributed by atoms with Gasteiger partial charge in [-0.1, -0.05) is 17.7 Å². The Bertz CT molecular complexity index is 811. The van der Waals surface area contributed by atoms with Gasteiger partial charge in [-0.05, 0) is 36.8 Å². The monoisotopic (exact) mass is 365 g/mol. The molecule has 2 amide bonds. The highest BCUT2D eigenvalue weighted by Gasteiger charge is 2.29. The lowest BCUT2D eigenvalue weighted by molar-refractivity contribution is -0.115. The molecule has 2 aromatic rings. The highest BCUT2D eigenvalue weighted by molar-refractivity contribution is 8.01. The van der Waals surface area contributed by atoms with Gasteiger partial charge in [0.2, 0.25) is 5.91 Å². The number of carbonyl (C=O) groups excluding carboxylic acids is 2. The van der Waals surface area contributed by atoms with Gasteiger partial charge in [0.15, 0.2) is 0 Å². The lowest BCUT2D eigenvalue weighted by Crippen LogP contribution is -2.32. The third kappa shape index (κ3) is 3.24. The van der Waals surface area contributed by atoms with Crippen LogP contribution < -0.4 is 16.6 Å². The molecule has 1 heterocycles. The maximum Gasteiger partial charge on any atom is 0.265 e. The van der Waals surface area contributed by atoms with Gasteiger partial charge < -0.3 is 5.32 Å². The third-order valence-electron chi connectivity index (χ3n) is 3.64. The summed E-state index contributed by atoms with van der Waals surface area (Å²) in [6.45, 7) is 0. The smallest absolute Gasteiger partial charge is 0.265 e. The molecule has 3 rings (SSSR count). The molecule has 2 aromatic carbocycles. The van der Waals surface area contributed by atoms with E-state index in [1.165, 1.54) is 23.9 Å². The third-order valence-corrected chi connectivity index (χ3v) is 5.27. The second-order valence-corrected chi connectivity index (χ2v) is 6.84. The topological polar surface area (TPSA) is 84.2 Å². The van der Waals surface area contributed by atoms with Crippen LogP contribution in [0.2, 0.25) is 5.02 Å². The van der Waals surface area contributed by atoms with Crippen molar-refractivity contribution in [2.24, 2.45) is 5.84 Å². The number of halogens is 2. The van der Waals surface area contributed by atoms with Crippen LogP contribution in [0.4, 0.5) is 10.1 Å². The van der Waals surface area contributed by atoms with Crippen molar-refractivity contribution in [2.75, 3.05) is 5.32 Å². The highest BCUT2D eigenvalue weighted by atomic mass is 35.5. The largest absolute Gasteiger partial charge is 0.324 e. The Morgan fingerprint density at radius 2 is 2.17 bits per heavy atom. The molecule has 0 saturated heterocycles. The van der Waals surface area contributed by atoms with Gasteiger partial charge in [-0.3, -0.25) is 15.0 Å². The highest BCUT2D eigenvalue weighted by Crippen LogP contribution is 2.38. The van der Waals surface area contributed by atoms with E-state index in [4.69, 9.17) is 17.4 Å². The molecule has 8 heteroatoms. The summed E-state index contributed by atoms with van der Waals surface area (Å²) in [6, 6.07) is 9.32. The van der Waals surface area contributed by atoms with Gasteiger partial charge in [-0.2, -0.15) is 0 Å². The maximum absolute atomic E-state index is 13.9.